The Balaban J connectivity index is 1.84. The molecule has 0 aliphatic carbocycles. The lowest BCUT2D eigenvalue weighted by Crippen LogP contribution is -2.54. The molecule has 1 saturated heterocycles. The lowest BCUT2D eigenvalue weighted by atomic mass is 10.1. The Morgan fingerprint density at radius 3 is 2.76 bits per heavy atom. The largest absolute Gasteiger partial charge is 0.336 e. The van der Waals surface area contributed by atoms with E-state index < -0.39 is 0 Å². The van der Waals surface area contributed by atoms with Crippen LogP contribution in [0, 0.1) is 11.3 Å². The minimum absolute atomic E-state index is 0.414. The first-order valence-corrected chi connectivity index (χ1v) is 7.09. The highest BCUT2D eigenvalue weighted by molar-refractivity contribution is 5.59. The van der Waals surface area contributed by atoms with E-state index in [9.17, 15) is 0 Å². The summed E-state index contributed by atoms with van der Waals surface area (Å²) in [5.74, 6) is 1.41. The first-order valence-electron chi connectivity index (χ1n) is 7.09. The molecule has 21 heavy (non-hydrogen) atoms. The number of nitrogens with zero attached hydrogens (tertiary/aromatic N) is 4. The summed E-state index contributed by atoms with van der Waals surface area (Å²) in [5, 5.41) is 19.7. The second kappa shape index (κ2) is 5.54. The van der Waals surface area contributed by atoms with E-state index in [2.05, 4.69) is 45.3 Å². The summed E-state index contributed by atoms with van der Waals surface area (Å²) in [6.45, 7) is 6.10. The summed E-state index contributed by atoms with van der Waals surface area (Å²) in [6.07, 6.45) is 0. The van der Waals surface area contributed by atoms with Crippen LogP contribution in [0.4, 0.5) is 5.95 Å². The van der Waals surface area contributed by atoms with Gasteiger partial charge in [-0.15, -0.1) is 5.10 Å². The van der Waals surface area contributed by atoms with Crippen molar-refractivity contribution in [3.8, 4) is 17.5 Å². The maximum atomic E-state index is 8.96. The van der Waals surface area contributed by atoms with Gasteiger partial charge in [-0.25, -0.2) is 0 Å². The average Bonchev–Trinajstić information content (AvgIpc) is 2.96. The zero-order valence-corrected chi connectivity index (χ0v) is 12.2. The lowest BCUT2D eigenvalue weighted by Gasteiger charge is -2.35. The van der Waals surface area contributed by atoms with Gasteiger partial charge in [0, 0.05) is 30.7 Å². The highest BCUT2D eigenvalue weighted by Gasteiger charge is 2.23. The molecule has 108 valence electrons. The van der Waals surface area contributed by atoms with Crippen LogP contribution in [0.15, 0.2) is 24.3 Å². The zero-order valence-electron chi connectivity index (χ0n) is 12.2. The van der Waals surface area contributed by atoms with Gasteiger partial charge in [0.15, 0.2) is 5.82 Å². The molecule has 3 rings (SSSR count). The number of benzene rings is 1. The molecule has 6 heteroatoms. The maximum Gasteiger partial charge on any atom is 0.245 e. The van der Waals surface area contributed by atoms with Crippen LogP contribution in [0.25, 0.3) is 11.4 Å². The second-order valence-electron chi connectivity index (χ2n) is 5.55. The highest BCUT2D eigenvalue weighted by Crippen LogP contribution is 2.20. The number of aromatic amines is 1. The minimum atomic E-state index is 0.414. The number of rotatable bonds is 2. The number of piperazine rings is 1. The van der Waals surface area contributed by atoms with Crippen molar-refractivity contribution in [2.45, 2.75) is 25.9 Å². The fourth-order valence-electron chi connectivity index (χ4n) is 2.75. The molecule has 2 N–H and O–H groups in total. The topological polar surface area (TPSA) is 80.6 Å². The fraction of sp³-hybridized carbons (Fsp3) is 0.400. The molecule has 1 aromatic carbocycles. The highest BCUT2D eigenvalue weighted by atomic mass is 15.4. The summed E-state index contributed by atoms with van der Waals surface area (Å²) in [7, 11) is 0. The molecule has 0 radical (unpaired) electrons. The first kappa shape index (κ1) is 13.6. The van der Waals surface area contributed by atoms with E-state index in [1.807, 2.05) is 18.2 Å². The number of nitrogens with one attached hydrogen (secondary N) is 2. The molecule has 1 aliphatic heterocycles. The molecule has 2 unspecified atom stereocenters. The predicted octanol–water partition coefficient (Wildman–Crippen LogP) is 1.53. The second-order valence-corrected chi connectivity index (χ2v) is 5.55. The zero-order chi connectivity index (χ0) is 14.8. The van der Waals surface area contributed by atoms with Crippen molar-refractivity contribution < 1.29 is 0 Å². The fourth-order valence-corrected chi connectivity index (χ4v) is 2.75. The average molecular weight is 282 g/mol. The Bertz CT molecular complexity index is 661. The number of H-pyrrole nitrogens is 1. The van der Waals surface area contributed by atoms with Gasteiger partial charge in [0.05, 0.1) is 11.6 Å². The molecule has 1 fully saturated rings. The Morgan fingerprint density at radius 1 is 1.29 bits per heavy atom. The van der Waals surface area contributed by atoms with Crippen LogP contribution in [0.2, 0.25) is 0 Å². The van der Waals surface area contributed by atoms with Crippen LogP contribution in [-0.4, -0.2) is 40.4 Å². The van der Waals surface area contributed by atoms with Crippen molar-refractivity contribution in [2.75, 3.05) is 18.0 Å². The predicted molar refractivity (Wildman–Crippen MR) is 80.8 cm³/mol. The van der Waals surface area contributed by atoms with Crippen LogP contribution < -0.4 is 10.2 Å². The van der Waals surface area contributed by atoms with Crippen LogP contribution in [0.3, 0.4) is 0 Å². The van der Waals surface area contributed by atoms with E-state index in [0.717, 1.165) is 18.7 Å². The monoisotopic (exact) mass is 282 g/mol. The van der Waals surface area contributed by atoms with Gasteiger partial charge in [0.1, 0.15) is 0 Å². The standard InChI is InChI=1S/C15H18N6/c1-10-8-21(9-11(2)17-10)15-18-14(19-20-15)13-5-3-4-12(6-13)7-16/h3-6,10-11,17H,8-9H2,1-2H3,(H,18,19,20). The van der Waals surface area contributed by atoms with Gasteiger partial charge >= 0.3 is 0 Å². The van der Waals surface area contributed by atoms with Gasteiger partial charge in [-0.3, -0.25) is 5.10 Å². The number of hydrogen-bond donors (Lipinski definition) is 2. The number of nitriles is 1. The third kappa shape index (κ3) is 2.88. The Kier molecular flexibility index (Phi) is 3.59. The van der Waals surface area contributed by atoms with Gasteiger partial charge in [-0.1, -0.05) is 12.1 Å². The van der Waals surface area contributed by atoms with Gasteiger partial charge in [0.2, 0.25) is 5.95 Å². The molecular formula is C15H18N6. The SMILES string of the molecule is CC1CN(c2n[nH]c(-c3cccc(C#N)c3)n2)CC(C)N1. The summed E-state index contributed by atoms with van der Waals surface area (Å²) in [4.78, 5) is 6.75. The van der Waals surface area contributed by atoms with Crippen molar-refractivity contribution in [3.05, 3.63) is 29.8 Å². The molecule has 2 aromatic rings. The molecular weight excluding hydrogens is 264 g/mol. The van der Waals surface area contributed by atoms with Gasteiger partial charge in [0.25, 0.3) is 0 Å². The molecule has 1 aliphatic rings. The third-order valence-electron chi connectivity index (χ3n) is 3.58. The summed E-state index contributed by atoms with van der Waals surface area (Å²) in [6, 6.07) is 10.3. The lowest BCUT2D eigenvalue weighted by molar-refractivity contribution is 0.403. The molecule has 0 amide bonds. The van der Waals surface area contributed by atoms with Crippen LogP contribution in [0.1, 0.15) is 19.4 Å². The summed E-state index contributed by atoms with van der Waals surface area (Å²) < 4.78 is 0. The van der Waals surface area contributed by atoms with E-state index in [1.165, 1.54) is 0 Å². The van der Waals surface area contributed by atoms with Crippen LogP contribution in [-0.2, 0) is 0 Å². The Labute approximate surface area is 123 Å². The van der Waals surface area contributed by atoms with Crippen molar-refractivity contribution in [2.24, 2.45) is 0 Å². The van der Waals surface area contributed by atoms with E-state index >= 15 is 0 Å². The molecule has 2 heterocycles. The molecule has 1 aromatic heterocycles. The first-order chi connectivity index (χ1) is 10.2. The van der Waals surface area contributed by atoms with E-state index in [-0.39, 0.29) is 0 Å². The van der Waals surface area contributed by atoms with Crippen molar-refractivity contribution in [3.63, 3.8) is 0 Å². The quantitative estimate of drug-likeness (QED) is 0.873. The van der Waals surface area contributed by atoms with Crippen LogP contribution >= 0.6 is 0 Å². The van der Waals surface area contributed by atoms with Gasteiger partial charge < -0.3 is 10.2 Å². The molecule has 0 saturated carbocycles. The Hall–Kier alpha value is -2.39. The van der Waals surface area contributed by atoms with Crippen molar-refractivity contribution >= 4 is 5.95 Å². The Morgan fingerprint density at radius 2 is 2.05 bits per heavy atom. The van der Waals surface area contributed by atoms with Crippen molar-refractivity contribution in [1.29, 1.82) is 5.26 Å². The van der Waals surface area contributed by atoms with Gasteiger partial charge in [-0.05, 0) is 26.0 Å². The van der Waals surface area contributed by atoms with Crippen LogP contribution in [0.5, 0.6) is 0 Å². The molecule has 2 atom stereocenters. The third-order valence-corrected chi connectivity index (χ3v) is 3.58. The number of anilines is 1. The van der Waals surface area contributed by atoms with E-state index in [4.69, 9.17) is 5.26 Å². The normalized spacial score (nSPS) is 22.0. The molecule has 6 nitrogen and oxygen atoms in total. The van der Waals surface area contributed by atoms with E-state index in [1.54, 1.807) is 6.07 Å². The smallest absolute Gasteiger partial charge is 0.245 e. The van der Waals surface area contributed by atoms with E-state index in [0.29, 0.717) is 29.4 Å². The van der Waals surface area contributed by atoms with Crippen molar-refractivity contribution in [1.82, 2.24) is 20.5 Å². The minimum Gasteiger partial charge on any atom is -0.336 e. The summed E-state index contributed by atoms with van der Waals surface area (Å²) in [5.41, 5.74) is 1.50. The summed E-state index contributed by atoms with van der Waals surface area (Å²) >= 11 is 0. The van der Waals surface area contributed by atoms with Gasteiger partial charge in [-0.2, -0.15) is 10.2 Å². The molecule has 0 bridgehead atoms. The maximum absolute atomic E-state index is 8.96. The number of hydrogen-bond acceptors (Lipinski definition) is 5. The number of aromatic nitrogens is 3. The molecule has 0 spiro atoms.